The van der Waals surface area contributed by atoms with E-state index >= 15 is 0 Å². The lowest BCUT2D eigenvalue weighted by atomic mass is 9.59. The predicted octanol–water partition coefficient (Wildman–Crippen LogP) is 7.59. The van der Waals surface area contributed by atoms with Crippen molar-refractivity contribution in [3.8, 4) is 11.1 Å². The Kier molecular flexibility index (Phi) is 4.17. The summed E-state index contributed by atoms with van der Waals surface area (Å²) in [6, 6.07) is 13.8. The van der Waals surface area contributed by atoms with E-state index in [0.29, 0.717) is 0 Å². The van der Waals surface area contributed by atoms with Gasteiger partial charge in [0.1, 0.15) is 0 Å². The number of benzene rings is 2. The average Bonchev–Trinajstić information content (AvgIpc) is 3.34. The number of fused-ring (bicyclic) bond motifs is 3. The smallest absolute Gasteiger partial charge is 0.0409 e. The molecule has 0 nitrogen and oxygen atoms in total. The van der Waals surface area contributed by atoms with Crippen LogP contribution in [0.25, 0.3) is 11.1 Å². The highest BCUT2D eigenvalue weighted by Crippen LogP contribution is 2.63. The molecule has 2 heteroatoms. The summed E-state index contributed by atoms with van der Waals surface area (Å²) in [5, 5.41) is 0.904. The normalized spacial score (nSPS) is 22.3. The molecule has 0 bridgehead atoms. The van der Waals surface area contributed by atoms with Crippen LogP contribution in [0.15, 0.2) is 36.4 Å². The largest absolute Gasteiger partial charge is 0.0843 e. The van der Waals surface area contributed by atoms with Crippen LogP contribution in [0.5, 0.6) is 0 Å². The van der Waals surface area contributed by atoms with Gasteiger partial charge in [0.05, 0.1) is 0 Å². The van der Waals surface area contributed by atoms with E-state index in [1.807, 2.05) is 0 Å². The molecule has 130 valence electrons. The van der Waals surface area contributed by atoms with E-state index in [-0.39, 0.29) is 5.41 Å². The fraction of sp³-hybridized carbons (Fsp3) is 0.478. The van der Waals surface area contributed by atoms with Crippen LogP contribution in [-0.2, 0) is 5.41 Å². The summed E-state index contributed by atoms with van der Waals surface area (Å²) in [5.74, 6) is 1.57. The third kappa shape index (κ3) is 2.37. The maximum absolute atomic E-state index is 6.54. The van der Waals surface area contributed by atoms with Crippen molar-refractivity contribution in [3.63, 3.8) is 0 Å². The van der Waals surface area contributed by atoms with Gasteiger partial charge < -0.3 is 0 Å². The molecule has 25 heavy (non-hydrogen) atoms. The molecule has 3 aliphatic carbocycles. The van der Waals surface area contributed by atoms with E-state index < -0.39 is 0 Å². The van der Waals surface area contributed by atoms with Crippen LogP contribution in [0.1, 0.15) is 62.5 Å². The summed E-state index contributed by atoms with van der Waals surface area (Å²) < 4.78 is 1.37. The lowest BCUT2D eigenvalue weighted by Crippen LogP contribution is -2.40. The number of rotatable bonds is 2. The Morgan fingerprint density at radius 3 is 1.88 bits per heavy atom. The van der Waals surface area contributed by atoms with Crippen LogP contribution in [-0.4, -0.2) is 0 Å². The Balaban J connectivity index is 1.84. The van der Waals surface area contributed by atoms with Gasteiger partial charge in [0.15, 0.2) is 0 Å². The minimum absolute atomic E-state index is 0.212. The van der Waals surface area contributed by atoms with Crippen LogP contribution >= 0.6 is 34.2 Å². The van der Waals surface area contributed by atoms with E-state index in [1.165, 1.54) is 66.1 Å². The quantitative estimate of drug-likeness (QED) is 0.403. The van der Waals surface area contributed by atoms with Gasteiger partial charge in [-0.15, -0.1) is 0 Å². The first kappa shape index (κ1) is 16.6. The predicted molar refractivity (Wildman–Crippen MR) is 114 cm³/mol. The van der Waals surface area contributed by atoms with Crippen LogP contribution in [0, 0.1) is 15.4 Å². The molecule has 2 aromatic carbocycles. The topological polar surface area (TPSA) is 0 Å². The molecule has 3 aliphatic rings. The molecular weight excluding hydrogens is 439 g/mol. The summed E-state index contributed by atoms with van der Waals surface area (Å²) in [6.07, 6.45) is 11.1. The first-order valence-electron chi connectivity index (χ1n) is 9.81. The van der Waals surface area contributed by atoms with Crippen LogP contribution in [0.3, 0.4) is 0 Å². The van der Waals surface area contributed by atoms with Crippen molar-refractivity contribution in [2.24, 2.45) is 11.8 Å². The van der Waals surface area contributed by atoms with E-state index in [2.05, 4.69) is 59.0 Å². The molecule has 0 N–H and O–H groups in total. The molecular formula is C23H24ClI. The zero-order chi connectivity index (χ0) is 17.0. The Morgan fingerprint density at radius 1 is 0.760 bits per heavy atom. The fourth-order valence-corrected chi connectivity index (χ4v) is 6.97. The van der Waals surface area contributed by atoms with Gasteiger partial charge in [-0.25, -0.2) is 0 Å². The van der Waals surface area contributed by atoms with Crippen molar-refractivity contribution in [1.29, 1.82) is 0 Å². The van der Waals surface area contributed by atoms with Gasteiger partial charge >= 0.3 is 0 Å². The Morgan fingerprint density at radius 2 is 1.28 bits per heavy atom. The maximum atomic E-state index is 6.54. The lowest BCUT2D eigenvalue weighted by Gasteiger charge is -2.43. The van der Waals surface area contributed by atoms with Gasteiger partial charge in [0, 0.05) is 14.0 Å². The summed E-state index contributed by atoms with van der Waals surface area (Å²) in [6.45, 7) is 0. The summed E-state index contributed by atoms with van der Waals surface area (Å²) in [5.41, 5.74) is 6.32. The number of hydrogen-bond donors (Lipinski definition) is 0. The van der Waals surface area contributed by atoms with Crippen molar-refractivity contribution in [2.45, 2.75) is 56.8 Å². The molecule has 2 saturated carbocycles. The molecule has 0 unspecified atom stereocenters. The minimum atomic E-state index is 0.212. The Bertz CT molecular complexity index is 743. The van der Waals surface area contributed by atoms with E-state index in [1.54, 1.807) is 11.1 Å². The summed E-state index contributed by atoms with van der Waals surface area (Å²) >= 11 is 9.03. The molecule has 0 atom stereocenters. The molecule has 2 aromatic rings. The zero-order valence-electron chi connectivity index (χ0n) is 14.5. The number of halogens is 2. The van der Waals surface area contributed by atoms with Gasteiger partial charge in [-0.2, -0.15) is 0 Å². The first-order chi connectivity index (χ1) is 12.2. The summed E-state index contributed by atoms with van der Waals surface area (Å²) in [7, 11) is 0. The van der Waals surface area contributed by atoms with Gasteiger partial charge in [-0.3, -0.25) is 0 Å². The monoisotopic (exact) mass is 462 g/mol. The van der Waals surface area contributed by atoms with Gasteiger partial charge in [-0.1, -0.05) is 49.4 Å². The molecule has 0 spiro atoms. The lowest BCUT2D eigenvalue weighted by molar-refractivity contribution is 0.223. The highest BCUT2D eigenvalue weighted by Gasteiger charge is 2.54. The molecule has 0 heterocycles. The highest BCUT2D eigenvalue weighted by atomic mass is 127. The van der Waals surface area contributed by atoms with Crippen LogP contribution < -0.4 is 0 Å². The number of hydrogen-bond acceptors (Lipinski definition) is 0. The van der Waals surface area contributed by atoms with Crippen molar-refractivity contribution < 1.29 is 0 Å². The van der Waals surface area contributed by atoms with Gasteiger partial charge in [0.2, 0.25) is 0 Å². The zero-order valence-corrected chi connectivity index (χ0v) is 17.4. The van der Waals surface area contributed by atoms with E-state index in [0.717, 1.165) is 16.9 Å². The highest BCUT2D eigenvalue weighted by molar-refractivity contribution is 14.1. The molecule has 0 aromatic heterocycles. The fourth-order valence-electron chi connectivity index (χ4n) is 6.31. The molecule has 2 fully saturated rings. The van der Waals surface area contributed by atoms with Crippen molar-refractivity contribution >= 4 is 34.2 Å². The SMILES string of the molecule is Clc1ccc2c(c1)C(C1CCCC1)(C1CCCC1)c1cc(I)ccc1-2. The standard InChI is InChI=1S/C23H24ClI/c24-17-9-11-19-20-12-10-18(25)14-22(20)23(21(19)13-17,15-5-1-2-6-15)16-7-3-4-8-16/h9-16H,1-8H2. The molecule has 0 saturated heterocycles. The van der Waals surface area contributed by atoms with E-state index in [4.69, 9.17) is 11.6 Å². The third-order valence-corrected chi connectivity index (χ3v) is 8.05. The molecule has 5 rings (SSSR count). The van der Waals surface area contributed by atoms with Crippen molar-refractivity contribution in [1.82, 2.24) is 0 Å². The molecule has 0 amide bonds. The first-order valence-corrected chi connectivity index (χ1v) is 11.3. The van der Waals surface area contributed by atoms with E-state index in [9.17, 15) is 0 Å². The van der Waals surface area contributed by atoms with Crippen LogP contribution in [0.2, 0.25) is 5.02 Å². The second kappa shape index (κ2) is 6.27. The third-order valence-electron chi connectivity index (χ3n) is 7.14. The Hall–Kier alpha value is -0.540. The average molecular weight is 463 g/mol. The summed E-state index contributed by atoms with van der Waals surface area (Å²) in [4.78, 5) is 0. The second-order valence-corrected chi connectivity index (χ2v) is 9.89. The van der Waals surface area contributed by atoms with Crippen molar-refractivity contribution in [3.05, 3.63) is 56.1 Å². The second-order valence-electron chi connectivity index (χ2n) is 8.21. The Labute approximate surface area is 169 Å². The minimum Gasteiger partial charge on any atom is -0.0843 e. The van der Waals surface area contributed by atoms with Crippen molar-refractivity contribution in [2.75, 3.05) is 0 Å². The molecule has 0 aliphatic heterocycles. The molecule has 0 radical (unpaired) electrons. The maximum Gasteiger partial charge on any atom is 0.0409 e. The van der Waals surface area contributed by atoms with Crippen LogP contribution in [0.4, 0.5) is 0 Å². The van der Waals surface area contributed by atoms with Gasteiger partial charge in [-0.05, 0) is 107 Å². The van der Waals surface area contributed by atoms with Gasteiger partial charge in [0.25, 0.3) is 0 Å².